The van der Waals surface area contributed by atoms with Crippen molar-refractivity contribution >= 4 is 5.69 Å². The molecular weight excluding hydrogens is 224 g/mol. The Labute approximate surface area is 110 Å². The van der Waals surface area contributed by atoms with E-state index in [1.165, 1.54) is 30.5 Å². The van der Waals surface area contributed by atoms with Gasteiger partial charge in [0.15, 0.2) is 0 Å². The average Bonchev–Trinajstić information content (AvgIpc) is 2.38. The molecular formula is C15H24N2O. The molecule has 0 saturated heterocycles. The van der Waals surface area contributed by atoms with E-state index in [2.05, 4.69) is 29.6 Å². The summed E-state index contributed by atoms with van der Waals surface area (Å²) in [6, 6.07) is 9.39. The summed E-state index contributed by atoms with van der Waals surface area (Å²) in [5, 5.41) is 3.65. The Balaban J connectivity index is 1.99. The standard InChI is InChI=1S/C15H24N2O/c1-18-10-9-12-5-2-3-8-15(12)17-14-7-4-6-13(16)11-14/h2-3,5,8,13-14,17H,4,6-7,9-11,16H2,1H3. The maximum absolute atomic E-state index is 6.04. The van der Waals surface area contributed by atoms with Crippen LogP contribution >= 0.6 is 0 Å². The molecule has 0 spiro atoms. The number of nitrogens with one attached hydrogen (secondary N) is 1. The normalized spacial score (nSPS) is 23.9. The summed E-state index contributed by atoms with van der Waals surface area (Å²) in [7, 11) is 1.75. The second-order valence-corrected chi connectivity index (χ2v) is 5.17. The zero-order valence-corrected chi connectivity index (χ0v) is 11.2. The van der Waals surface area contributed by atoms with Crippen LogP contribution in [0.4, 0.5) is 5.69 Å². The topological polar surface area (TPSA) is 47.3 Å². The second-order valence-electron chi connectivity index (χ2n) is 5.17. The number of para-hydroxylation sites is 1. The minimum absolute atomic E-state index is 0.363. The Hall–Kier alpha value is -1.06. The predicted octanol–water partition coefficient (Wildman–Crippen LogP) is 2.56. The van der Waals surface area contributed by atoms with Gasteiger partial charge in [0, 0.05) is 24.9 Å². The number of rotatable bonds is 5. The van der Waals surface area contributed by atoms with Gasteiger partial charge in [-0.2, -0.15) is 0 Å². The number of anilines is 1. The van der Waals surface area contributed by atoms with E-state index in [9.17, 15) is 0 Å². The van der Waals surface area contributed by atoms with Crippen LogP contribution < -0.4 is 11.1 Å². The van der Waals surface area contributed by atoms with E-state index in [0.717, 1.165) is 19.4 Å². The quantitative estimate of drug-likeness (QED) is 0.842. The fraction of sp³-hybridized carbons (Fsp3) is 0.600. The van der Waals surface area contributed by atoms with Gasteiger partial charge in [-0.1, -0.05) is 18.2 Å². The molecule has 100 valence electrons. The van der Waals surface area contributed by atoms with Crippen LogP contribution in [-0.4, -0.2) is 25.8 Å². The van der Waals surface area contributed by atoms with E-state index in [4.69, 9.17) is 10.5 Å². The molecule has 1 saturated carbocycles. The highest BCUT2D eigenvalue weighted by Crippen LogP contribution is 2.23. The van der Waals surface area contributed by atoms with E-state index in [1.807, 2.05) is 0 Å². The van der Waals surface area contributed by atoms with Gasteiger partial charge < -0.3 is 15.8 Å². The van der Waals surface area contributed by atoms with Crippen molar-refractivity contribution in [3.05, 3.63) is 29.8 Å². The Morgan fingerprint density at radius 3 is 2.94 bits per heavy atom. The Morgan fingerprint density at radius 1 is 1.33 bits per heavy atom. The molecule has 0 radical (unpaired) electrons. The first kappa shape index (κ1) is 13.4. The number of methoxy groups -OCH3 is 1. The van der Waals surface area contributed by atoms with Gasteiger partial charge in [0.2, 0.25) is 0 Å². The Morgan fingerprint density at radius 2 is 2.17 bits per heavy atom. The van der Waals surface area contributed by atoms with Crippen molar-refractivity contribution in [2.45, 2.75) is 44.2 Å². The summed E-state index contributed by atoms with van der Waals surface area (Å²) in [6.07, 6.45) is 5.67. The molecule has 18 heavy (non-hydrogen) atoms. The van der Waals surface area contributed by atoms with Gasteiger partial charge in [0.05, 0.1) is 6.61 Å². The van der Waals surface area contributed by atoms with Crippen LogP contribution in [0, 0.1) is 0 Å². The summed E-state index contributed by atoms with van der Waals surface area (Å²) in [6.45, 7) is 0.767. The number of hydrogen-bond donors (Lipinski definition) is 2. The Kier molecular flexibility index (Phi) is 5.02. The van der Waals surface area contributed by atoms with Crippen LogP contribution in [0.15, 0.2) is 24.3 Å². The molecule has 3 N–H and O–H groups in total. The third-order valence-corrected chi connectivity index (χ3v) is 3.67. The highest BCUT2D eigenvalue weighted by atomic mass is 16.5. The second kappa shape index (κ2) is 6.76. The number of hydrogen-bond acceptors (Lipinski definition) is 3. The first-order valence-electron chi connectivity index (χ1n) is 6.88. The van der Waals surface area contributed by atoms with Gasteiger partial charge in [-0.3, -0.25) is 0 Å². The number of ether oxygens (including phenoxy) is 1. The third kappa shape index (κ3) is 3.72. The smallest absolute Gasteiger partial charge is 0.0503 e. The summed E-state index contributed by atoms with van der Waals surface area (Å²) >= 11 is 0. The van der Waals surface area contributed by atoms with Crippen molar-refractivity contribution in [1.29, 1.82) is 0 Å². The lowest BCUT2D eigenvalue weighted by atomic mass is 9.91. The Bertz CT molecular complexity index is 367. The van der Waals surface area contributed by atoms with E-state index >= 15 is 0 Å². The molecule has 2 unspecified atom stereocenters. The molecule has 2 atom stereocenters. The van der Waals surface area contributed by atoms with Gasteiger partial charge in [-0.25, -0.2) is 0 Å². The van der Waals surface area contributed by atoms with E-state index < -0.39 is 0 Å². The highest BCUT2D eigenvalue weighted by Gasteiger charge is 2.19. The fourth-order valence-corrected chi connectivity index (χ4v) is 2.67. The lowest BCUT2D eigenvalue weighted by Gasteiger charge is -2.29. The van der Waals surface area contributed by atoms with Crippen molar-refractivity contribution in [3.63, 3.8) is 0 Å². The van der Waals surface area contributed by atoms with E-state index in [-0.39, 0.29) is 0 Å². The SMILES string of the molecule is COCCc1ccccc1NC1CCCC(N)C1. The largest absolute Gasteiger partial charge is 0.384 e. The van der Waals surface area contributed by atoms with Gasteiger partial charge in [-0.05, 0) is 43.7 Å². The number of benzene rings is 1. The molecule has 1 fully saturated rings. The molecule has 0 aliphatic heterocycles. The lowest BCUT2D eigenvalue weighted by Crippen LogP contribution is -2.35. The minimum Gasteiger partial charge on any atom is -0.384 e. The summed E-state index contributed by atoms with van der Waals surface area (Å²) in [5.41, 5.74) is 8.61. The van der Waals surface area contributed by atoms with Gasteiger partial charge in [-0.15, -0.1) is 0 Å². The molecule has 0 heterocycles. The highest BCUT2D eigenvalue weighted by molar-refractivity contribution is 5.52. The molecule has 3 nitrogen and oxygen atoms in total. The molecule has 0 amide bonds. The molecule has 2 rings (SSSR count). The van der Waals surface area contributed by atoms with E-state index in [1.54, 1.807) is 7.11 Å². The third-order valence-electron chi connectivity index (χ3n) is 3.67. The van der Waals surface area contributed by atoms with Crippen LogP contribution in [0.5, 0.6) is 0 Å². The van der Waals surface area contributed by atoms with Crippen molar-refractivity contribution in [3.8, 4) is 0 Å². The zero-order valence-electron chi connectivity index (χ0n) is 11.2. The first-order chi connectivity index (χ1) is 8.79. The predicted molar refractivity (Wildman–Crippen MR) is 75.9 cm³/mol. The van der Waals surface area contributed by atoms with Crippen molar-refractivity contribution in [2.75, 3.05) is 19.0 Å². The van der Waals surface area contributed by atoms with Crippen molar-refractivity contribution in [2.24, 2.45) is 5.73 Å². The maximum Gasteiger partial charge on any atom is 0.0503 e. The van der Waals surface area contributed by atoms with Crippen LogP contribution in [0.3, 0.4) is 0 Å². The number of nitrogens with two attached hydrogens (primary N) is 1. The minimum atomic E-state index is 0.363. The average molecular weight is 248 g/mol. The molecule has 1 aromatic carbocycles. The van der Waals surface area contributed by atoms with Crippen LogP contribution in [0.25, 0.3) is 0 Å². The molecule has 1 aromatic rings. The van der Waals surface area contributed by atoms with Crippen LogP contribution in [0.1, 0.15) is 31.2 Å². The fourth-order valence-electron chi connectivity index (χ4n) is 2.67. The first-order valence-corrected chi connectivity index (χ1v) is 6.88. The van der Waals surface area contributed by atoms with Crippen LogP contribution in [0.2, 0.25) is 0 Å². The van der Waals surface area contributed by atoms with Crippen molar-refractivity contribution in [1.82, 2.24) is 0 Å². The van der Waals surface area contributed by atoms with Gasteiger partial charge in [0.25, 0.3) is 0 Å². The molecule has 3 heteroatoms. The lowest BCUT2D eigenvalue weighted by molar-refractivity contribution is 0.202. The molecule has 1 aliphatic carbocycles. The summed E-state index contributed by atoms with van der Waals surface area (Å²) in [4.78, 5) is 0. The molecule has 1 aliphatic rings. The summed E-state index contributed by atoms with van der Waals surface area (Å²) in [5.74, 6) is 0. The zero-order chi connectivity index (χ0) is 12.8. The van der Waals surface area contributed by atoms with E-state index in [0.29, 0.717) is 12.1 Å². The summed E-state index contributed by atoms with van der Waals surface area (Å²) < 4.78 is 5.16. The van der Waals surface area contributed by atoms with Crippen LogP contribution in [-0.2, 0) is 11.2 Å². The molecule has 0 aromatic heterocycles. The monoisotopic (exact) mass is 248 g/mol. The van der Waals surface area contributed by atoms with Crippen molar-refractivity contribution < 1.29 is 4.74 Å². The van der Waals surface area contributed by atoms with Gasteiger partial charge in [0.1, 0.15) is 0 Å². The van der Waals surface area contributed by atoms with Gasteiger partial charge >= 0.3 is 0 Å². The maximum atomic E-state index is 6.04. The molecule has 0 bridgehead atoms.